The molecule has 0 amide bonds. The van der Waals surface area contributed by atoms with E-state index >= 15 is 0 Å². The van der Waals surface area contributed by atoms with Crippen LogP contribution in [0.5, 0.6) is 0 Å². The molecule has 2 aliphatic rings. The summed E-state index contributed by atoms with van der Waals surface area (Å²) in [4.78, 5) is 45.2. The van der Waals surface area contributed by atoms with Crippen LogP contribution in [0.3, 0.4) is 0 Å². The summed E-state index contributed by atoms with van der Waals surface area (Å²) in [6.45, 7) is 4.73. The Labute approximate surface area is 167 Å². The number of nitrogens with zero attached hydrogens (tertiary/aromatic N) is 3. The van der Waals surface area contributed by atoms with Crippen molar-refractivity contribution in [1.29, 1.82) is 0 Å². The largest absolute Gasteiger partial charge is 0.481 e. The van der Waals surface area contributed by atoms with E-state index in [1.165, 1.54) is 4.57 Å². The summed E-state index contributed by atoms with van der Waals surface area (Å²) < 4.78 is 9.11. The van der Waals surface area contributed by atoms with Crippen LogP contribution in [-0.2, 0) is 28.2 Å². The number of aryl methyl sites for hydroxylation is 1. The van der Waals surface area contributed by atoms with E-state index in [0.717, 1.165) is 19.3 Å². The summed E-state index contributed by atoms with van der Waals surface area (Å²) in [6, 6.07) is 0. The van der Waals surface area contributed by atoms with Crippen molar-refractivity contribution < 1.29 is 14.6 Å². The number of hydrogen-bond acceptors (Lipinski definition) is 5. The zero-order valence-electron chi connectivity index (χ0n) is 16.9. The van der Waals surface area contributed by atoms with Crippen molar-refractivity contribution in [2.75, 3.05) is 0 Å². The van der Waals surface area contributed by atoms with Crippen molar-refractivity contribution in [2.45, 2.75) is 83.6 Å². The van der Waals surface area contributed by atoms with E-state index < -0.39 is 17.5 Å². The van der Waals surface area contributed by atoms with E-state index in [1.807, 2.05) is 13.8 Å². The first-order chi connectivity index (χ1) is 13.9. The number of nitrogens with one attached hydrogen (secondary N) is 1. The van der Waals surface area contributed by atoms with Crippen LogP contribution in [0.15, 0.2) is 9.59 Å². The Morgan fingerprint density at radius 1 is 1.21 bits per heavy atom. The van der Waals surface area contributed by atoms with Gasteiger partial charge < -0.3 is 14.8 Å². The molecule has 2 aromatic heterocycles. The Balaban J connectivity index is 1.85. The molecule has 9 heteroatoms. The van der Waals surface area contributed by atoms with Crippen LogP contribution in [0.4, 0.5) is 0 Å². The molecular formula is C20H28N4O5. The number of aromatic nitrogens is 4. The first-order valence-corrected chi connectivity index (χ1v) is 10.6. The summed E-state index contributed by atoms with van der Waals surface area (Å²) in [5.74, 6) is -0.793. The van der Waals surface area contributed by atoms with E-state index in [-0.39, 0.29) is 17.4 Å². The smallest absolute Gasteiger partial charge is 0.332 e. The maximum absolute atomic E-state index is 13.0. The van der Waals surface area contributed by atoms with Crippen LogP contribution in [0.1, 0.15) is 64.6 Å². The molecule has 158 valence electrons. The number of H-pyrrole nitrogens is 1. The first-order valence-electron chi connectivity index (χ1n) is 10.6. The highest BCUT2D eigenvalue weighted by atomic mass is 16.5. The van der Waals surface area contributed by atoms with E-state index in [1.54, 1.807) is 4.57 Å². The molecule has 4 heterocycles. The van der Waals surface area contributed by atoms with Gasteiger partial charge in [-0.3, -0.25) is 18.7 Å². The number of carboxylic acid groups (broad SMARTS) is 1. The number of rotatable bonds is 6. The van der Waals surface area contributed by atoms with Gasteiger partial charge in [-0.05, 0) is 44.9 Å². The lowest BCUT2D eigenvalue weighted by atomic mass is 9.76. The van der Waals surface area contributed by atoms with Crippen LogP contribution in [0.25, 0.3) is 11.2 Å². The third kappa shape index (κ3) is 3.11. The molecule has 29 heavy (non-hydrogen) atoms. The monoisotopic (exact) mass is 404 g/mol. The van der Waals surface area contributed by atoms with E-state index in [4.69, 9.17) is 4.74 Å². The number of aromatic amines is 1. The number of fused-ring (bicyclic) bond motifs is 3. The predicted molar refractivity (Wildman–Crippen MR) is 106 cm³/mol. The van der Waals surface area contributed by atoms with Gasteiger partial charge in [-0.1, -0.05) is 13.8 Å². The van der Waals surface area contributed by atoms with Gasteiger partial charge in [-0.15, -0.1) is 0 Å². The van der Waals surface area contributed by atoms with Gasteiger partial charge in [0.15, 0.2) is 5.65 Å². The highest BCUT2D eigenvalue weighted by Gasteiger charge is 2.49. The van der Waals surface area contributed by atoms with E-state index in [2.05, 4.69) is 9.97 Å². The van der Waals surface area contributed by atoms with Crippen molar-refractivity contribution in [3.8, 4) is 0 Å². The van der Waals surface area contributed by atoms with Gasteiger partial charge in [-0.2, -0.15) is 0 Å². The van der Waals surface area contributed by atoms with Gasteiger partial charge in [0.2, 0.25) is 0 Å². The van der Waals surface area contributed by atoms with Gasteiger partial charge in [0, 0.05) is 13.1 Å². The maximum atomic E-state index is 13.0. The van der Waals surface area contributed by atoms with E-state index in [0.29, 0.717) is 55.8 Å². The average Bonchev–Trinajstić information content (AvgIpc) is 3.15. The Kier molecular flexibility index (Phi) is 5.10. The Hall–Kier alpha value is -2.42. The number of imidazole rings is 1. The van der Waals surface area contributed by atoms with Crippen LogP contribution in [-0.4, -0.2) is 36.3 Å². The van der Waals surface area contributed by atoms with Gasteiger partial charge in [0.1, 0.15) is 16.9 Å². The van der Waals surface area contributed by atoms with Crippen LogP contribution in [0, 0.1) is 5.92 Å². The molecule has 2 N–H and O–H groups in total. The minimum atomic E-state index is -0.825. The lowest BCUT2D eigenvalue weighted by molar-refractivity contribution is -0.201. The van der Waals surface area contributed by atoms with Crippen LogP contribution < -0.4 is 11.2 Å². The molecule has 0 aliphatic carbocycles. The second-order valence-electron chi connectivity index (χ2n) is 8.20. The summed E-state index contributed by atoms with van der Waals surface area (Å²) in [6.07, 6.45) is 4.38. The standard InChI is InChI=1S/C20H28N4O5/c1-3-10-23-15-14(16(25)24(11-4-2)19(23)28)21-18(22-15)20-8-5-6-13(29-20)12(7-9-20)17(26)27/h12-13H,3-11H2,1-2H3,(H,21,22)(H,26,27). The second-order valence-corrected chi connectivity index (χ2v) is 8.20. The third-order valence-electron chi connectivity index (χ3n) is 6.26. The maximum Gasteiger partial charge on any atom is 0.332 e. The number of aliphatic carboxylic acids is 1. The molecule has 0 radical (unpaired) electrons. The Morgan fingerprint density at radius 2 is 1.93 bits per heavy atom. The number of carboxylic acids is 1. The molecule has 2 bridgehead atoms. The Morgan fingerprint density at radius 3 is 2.62 bits per heavy atom. The predicted octanol–water partition coefficient (Wildman–Crippen LogP) is 1.97. The summed E-state index contributed by atoms with van der Waals surface area (Å²) in [5, 5.41) is 9.48. The lowest BCUT2D eigenvalue weighted by Crippen LogP contribution is -2.49. The SMILES string of the molecule is CCCn1c(=O)c2[nH]c(C34CCCC(O3)C(C(=O)O)CC4)nc2n(CCC)c1=O. The minimum Gasteiger partial charge on any atom is -0.481 e. The Bertz CT molecular complexity index is 1050. The fourth-order valence-electron chi connectivity index (χ4n) is 4.84. The van der Waals surface area contributed by atoms with Gasteiger partial charge in [0.25, 0.3) is 5.56 Å². The van der Waals surface area contributed by atoms with Crippen molar-refractivity contribution >= 4 is 17.1 Å². The molecule has 0 saturated carbocycles. The normalized spacial score (nSPS) is 26.7. The highest BCUT2D eigenvalue weighted by Crippen LogP contribution is 2.47. The quantitative estimate of drug-likeness (QED) is 0.760. The van der Waals surface area contributed by atoms with Crippen molar-refractivity contribution in [3.05, 3.63) is 26.7 Å². The molecule has 4 rings (SSSR count). The highest BCUT2D eigenvalue weighted by molar-refractivity contribution is 5.71. The van der Waals surface area contributed by atoms with Crippen LogP contribution >= 0.6 is 0 Å². The molecular weight excluding hydrogens is 376 g/mol. The third-order valence-corrected chi connectivity index (χ3v) is 6.26. The minimum absolute atomic E-state index is 0.321. The number of ether oxygens (including phenoxy) is 1. The van der Waals surface area contributed by atoms with Gasteiger partial charge in [-0.25, -0.2) is 9.78 Å². The second kappa shape index (κ2) is 7.44. The summed E-state index contributed by atoms with van der Waals surface area (Å²) in [5.41, 5.74) is -0.727. The number of hydrogen-bond donors (Lipinski definition) is 2. The first kappa shape index (κ1) is 19.9. The van der Waals surface area contributed by atoms with Crippen molar-refractivity contribution in [2.24, 2.45) is 5.92 Å². The molecule has 3 atom stereocenters. The molecule has 2 aliphatic heterocycles. The molecule has 2 aromatic rings. The van der Waals surface area contributed by atoms with Crippen molar-refractivity contribution in [1.82, 2.24) is 19.1 Å². The molecule has 0 spiro atoms. The summed E-state index contributed by atoms with van der Waals surface area (Å²) >= 11 is 0. The molecule has 2 saturated heterocycles. The van der Waals surface area contributed by atoms with Gasteiger partial charge >= 0.3 is 11.7 Å². The van der Waals surface area contributed by atoms with E-state index in [9.17, 15) is 19.5 Å². The average molecular weight is 404 g/mol. The molecule has 3 unspecified atom stereocenters. The molecule has 0 aromatic carbocycles. The van der Waals surface area contributed by atoms with Crippen molar-refractivity contribution in [3.63, 3.8) is 0 Å². The topological polar surface area (TPSA) is 119 Å². The number of carbonyl (C=O) groups is 1. The zero-order valence-corrected chi connectivity index (χ0v) is 16.9. The fourth-order valence-corrected chi connectivity index (χ4v) is 4.84. The molecule has 2 fully saturated rings. The zero-order chi connectivity index (χ0) is 20.8. The summed E-state index contributed by atoms with van der Waals surface area (Å²) in [7, 11) is 0. The lowest BCUT2D eigenvalue weighted by Gasteiger charge is -2.46. The molecule has 9 nitrogen and oxygen atoms in total. The van der Waals surface area contributed by atoms with Gasteiger partial charge in [0.05, 0.1) is 12.0 Å². The van der Waals surface area contributed by atoms with Crippen LogP contribution in [0.2, 0.25) is 0 Å². The fraction of sp³-hybridized carbons (Fsp3) is 0.700.